The minimum absolute atomic E-state index is 0.0382. The van der Waals surface area contributed by atoms with Gasteiger partial charge in [0.25, 0.3) is 0 Å². The van der Waals surface area contributed by atoms with Gasteiger partial charge >= 0.3 is 18.0 Å². The summed E-state index contributed by atoms with van der Waals surface area (Å²) in [7, 11) is 1.51. The molecule has 2 N–H and O–H groups in total. The van der Waals surface area contributed by atoms with Gasteiger partial charge in [-0.1, -0.05) is 129 Å². The summed E-state index contributed by atoms with van der Waals surface area (Å²) in [6, 6.07) is 38.5. The number of hydrogen-bond donors (Lipinski definition) is 2. The lowest BCUT2D eigenvalue weighted by molar-refractivity contribution is -0.141. The molecule has 0 aliphatic rings. The molecule has 8 nitrogen and oxygen atoms in total. The normalized spacial score (nSPS) is 12.9. The van der Waals surface area contributed by atoms with Gasteiger partial charge in [-0.05, 0) is 64.8 Å². The quantitative estimate of drug-likeness (QED) is 0.0802. The smallest absolute Gasteiger partial charge is 0.326 e. The molecule has 3 atom stereocenters. The van der Waals surface area contributed by atoms with Gasteiger partial charge in [0.1, 0.15) is 6.04 Å². The van der Waals surface area contributed by atoms with Crippen LogP contribution in [0.2, 0.25) is 0 Å². The maximum atomic E-state index is 14.3. The van der Waals surface area contributed by atoms with Gasteiger partial charge in [0.05, 0.1) is 13.0 Å². The third kappa shape index (κ3) is 10.2. The molecule has 0 spiro atoms. The van der Waals surface area contributed by atoms with E-state index in [1.165, 1.54) is 7.11 Å². The SMILES string of the molecule is COc1ccccc1OC(=O)[C@@H](CCc1ccccc1)CN(CC(C)C)C(=O)N[C@H](C(=O)O)C(Cc1ccccc1)c1ccc2ccccc2c1. The number of carbonyl (C=O) groups is 3. The number of fused-ring (bicyclic) bond motifs is 1. The molecule has 0 heterocycles. The van der Waals surface area contributed by atoms with Gasteiger partial charge in [-0.2, -0.15) is 0 Å². The van der Waals surface area contributed by atoms with Crippen LogP contribution < -0.4 is 14.8 Å². The zero-order valence-corrected chi connectivity index (χ0v) is 29.4. The Balaban J connectivity index is 1.44. The molecule has 0 aromatic heterocycles. The number of methoxy groups -OCH3 is 1. The summed E-state index contributed by atoms with van der Waals surface area (Å²) < 4.78 is 11.3. The van der Waals surface area contributed by atoms with Crippen molar-refractivity contribution >= 4 is 28.7 Å². The number of amides is 2. The summed E-state index contributed by atoms with van der Waals surface area (Å²) in [4.78, 5) is 42.8. The number of carboxylic acid groups (broad SMARTS) is 1. The number of para-hydroxylation sites is 2. The van der Waals surface area contributed by atoms with Crippen molar-refractivity contribution in [3.8, 4) is 11.5 Å². The molecule has 264 valence electrons. The molecule has 0 saturated carbocycles. The third-order valence-electron chi connectivity index (χ3n) is 9.00. The first-order valence-corrected chi connectivity index (χ1v) is 17.4. The van der Waals surface area contributed by atoms with Crippen molar-refractivity contribution in [1.82, 2.24) is 10.2 Å². The first kappa shape index (κ1) is 36.6. The van der Waals surface area contributed by atoms with Gasteiger partial charge in [0, 0.05) is 19.0 Å². The molecule has 5 aromatic carbocycles. The summed E-state index contributed by atoms with van der Waals surface area (Å²) in [6.45, 7) is 4.31. The van der Waals surface area contributed by atoms with E-state index in [9.17, 15) is 19.5 Å². The average Bonchev–Trinajstić information content (AvgIpc) is 3.14. The molecule has 0 fully saturated rings. The molecule has 0 bridgehead atoms. The summed E-state index contributed by atoms with van der Waals surface area (Å²) in [5.41, 5.74) is 2.81. The first-order valence-electron chi connectivity index (χ1n) is 17.4. The van der Waals surface area contributed by atoms with Gasteiger partial charge in [0.15, 0.2) is 11.5 Å². The van der Waals surface area contributed by atoms with E-state index >= 15 is 0 Å². The largest absolute Gasteiger partial charge is 0.493 e. The van der Waals surface area contributed by atoms with Crippen LogP contribution >= 0.6 is 0 Å². The fraction of sp³-hybridized carbons (Fsp3) is 0.279. The van der Waals surface area contributed by atoms with Gasteiger partial charge in [-0.3, -0.25) is 4.79 Å². The van der Waals surface area contributed by atoms with E-state index in [1.54, 1.807) is 29.2 Å². The van der Waals surface area contributed by atoms with Gasteiger partial charge in [-0.15, -0.1) is 0 Å². The lowest BCUT2D eigenvalue weighted by Crippen LogP contribution is -2.53. The predicted octanol–water partition coefficient (Wildman–Crippen LogP) is 8.15. The molecule has 0 aliphatic heterocycles. The maximum absolute atomic E-state index is 14.3. The van der Waals surface area contributed by atoms with Crippen LogP contribution in [0.15, 0.2) is 127 Å². The number of nitrogens with zero attached hydrogens (tertiary/aromatic N) is 1. The van der Waals surface area contributed by atoms with Crippen LogP contribution in [-0.4, -0.2) is 54.2 Å². The van der Waals surface area contributed by atoms with Crippen molar-refractivity contribution in [3.63, 3.8) is 0 Å². The van der Waals surface area contributed by atoms with Crippen LogP contribution in [0.3, 0.4) is 0 Å². The Hall–Kier alpha value is -5.63. The Bertz CT molecular complexity index is 1900. The second-order valence-corrected chi connectivity index (χ2v) is 13.3. The topological polar surface area (TPSA) is 105 Å². The fourth-order valence-electron chi connectivity index (χ4n) is 6.40. The number of ether oxygens (including phenoxy) is 2. The lowest BCUT2D eigenvalue weighted by atomic mass is 9.85. The van der Waals surface area contributed by atoms with Gasteiger partial charge in [0.2, 0.25) is 0 Å². The van der Waals surface area contributed by atoms with Crippen molar-refractivity contribution in [2.75, 3.05) is 20.2 Å². The minimum Gasteiger partial charge on any atom is -0.493 e. The number of carbonyl (C=O) groups excluding carboxylic acids is 2. The molecular formula is C43H46N2O6. The summed E-state index contributed by atoms with van der Waals surface area (Å²) >= 11 is 0. The molecule has 8 heteroatoms. The molecule has 0 saturated heterocycles. The molecule has 51 heavy (non-hydrogen) atoms. The number of esters is 1. The van der Waals surface area contributed by atoms with Crippen LogP contribution in [-0.2, 0) is 22.4 Å². The molecule has 0 radical (unpaired) electrons. The van der Waals surface area contributed by atoms with E-state index < -0.39 is 35.8 Å². The summed E-state index contributed by atoms with van der Waals surface area (Å²) in [6.07, 6.45) is 1.39. The fourth-order valence-corrected chi connectivity index (χ4v) is 6.40. The van der Waals surface area contributed by atoms with E-state index in [4.69, 9.17) is 9.47 Å². The number of aryl methyl sites for hydroxylation is 1. The highest BCUT2D eigenvalue weighted by molar-refractivity contribution is 5.86. The number of benzene rings is 5. The lowest BCUT2D eigenvalue weighted by Gasteiger charge is -2.32. The molecule has 0 aliphatic carbocycles. The molecule has 2 amide bonds. The molecule has 5 rings (SSSR count). The Morgan fingerprint density at radius 1 is 0.725 bits per heavy atom. The summed E-state index contributed by atoms with van der Waals surface area (Å²) in [5, 5.41) is 15.6. The first-order chi connectivity index (χ1) is 24.7. The van der Waals surface area contributed by atoms with Crippen molar-refractivity contribution in [1.29, 1.82) is 0 Å². The van der Waals surface area contributed by atoms with E-state index in [0.29, 0.717) is 37.3 Å². The highest BCUT2D eigenvalue weighted by Crippen LogP contribution is 2.30. The van der Waals surface area contributed by atoms with Gasteiger partial charge < -0.3 is 24.8 Å². The van der Waals surface area contributed by atoms with E-state index in [2.05, 4.69) is 5.32 Å². The Kier molecular flexibility index (Phi) is 12.8. The number of urea groups is 1. The molecule has 5 aromatic rings. The zero-order valence-electron chi connectivity index (χ0n) is 29.4. The Morgan fingerprint density at radius 3 is 1.98 bits per heavy atom. The van der Waals surface area contributed by atoms with Crippen molar-refractivity contribution in [3.05, 3.63) is 144 Å². The number of hydrogen-bond acceptors (Lipinski definition) is 5. The third-order valence-corrected chi connectivity index (χ3v) is 9.00. The molecular weight excluding hydrogens is 640 g/mol. The van der Waals surface area contributed by atoms with Crippen LogP contribution in [0.4, 0.5) is 4.79 Å². The Morgan fingerprint density at radius 2 is 1.33 bits per heavy atom. The van der Waals surface area contributed by atoms with Crippen LogP contribution in [0.5, 0.6) is 11.5 Å². The summed E-state index contributed by atoms with van der Waals surface area (Å²) in [5.74, 6) is -2.17. The van der Waals surface area contributed by atoms with Crippen LogP contribution in [0.1, 0.15) is 42.9 Å². The second-order valence-electron chi connectivity index (χ2n) is 13.3. The maximum Gasteiger partial charge on any atom is 0.326 e. The number of aliphatic carboxylic acids is 1. The number of nitrogens with one attached hydrogen (secondary N) is 1. The Labute approximate surface area is 300 Å². The zero-order chi connectivity index (χ0) is 36.2. The van der Waals surface area contributed by atoms with Crippen molar-refractivity contribution < 1.29 is 29.0 Å². The highest BCUT2D eigenvalue weighted by Gasteiger charge is 2.34. The highest BCUT2D eigenvalue weighted by atomic mass is 16.6. The second kappa shape index (κ2) is 17.9. The monoisotopic (exact) mass is 686 g/mol. The van der Waals surface area contributed by atoms with E-state index in [0.717, 1.165) is 27.5 Å². The molecule has 1 unspecified atom stereocenters. The minimum atomic E-state index is -1.25. The van der Waals surface area contributed by atoms with Crippen molar-refractivity contribution in [2.24, 2.45) is 11.8 Å². The van der Waals surface area contributed by atoms with E-state index in [-0.39, 0.29) is 12.5 Å². The van der Waals surface area contributed by atoms with Gasteiger partial charge in [-0.25, -0.2) is 9.59 Å². The van der Waals surface area contributed by atoms with Crippen LogP contribution in [0, 0.1) is 11.8 Å². The van der Waals surface area contributed by atoms with Crippen molar-refractivity contribution in [2.45, 2.75) is 45.1 Å². The number of rotatable bonds is 16. The number of carboxylic acids is 1. The standard InChI is InChI=1S/C43H46N2O6/c1-30(2)28-45(29-36(23-22-31-14-6-4-7-15-31)42(48)51-39-21-13-12-20-38(39)50-3)43(49)44-40(41(46)47)37(26-32-16-8-5-9-17-32)35-25-24-33-18-10-11-19-34(33)27-35/h4-21,24-25,27,30,36-37,40H,22-23,26,28-29H2,1-3H3,(H,44,49)(H,46,47)/t36-,37?,40-/m0/s1. The average molecular weight is 687 g/mol. The van der Waals surface area contributed by atoms with E-state index in [1.807, 2.05) is 117 Å². The predicted molar refractivity (Wildman–Crippen MR) is 200 cm³/mol. The van der Waals surface area contributed by atoms with Crippen LogP contribution in [0.25, 0.3) is 10.8 Å².